The Bertz CT molecular complexity index is 1050. The molecule has 0 spiro atoms. The van der Waals surface area contributed by atoms with Gasteiger partial charge < -0.3 is 0 Å². The monoisotopic (exact) mass is 475 g/mol. The van der Waals surface area contributed by atoms with E-state index >= 15 is 0 Å². The summed E-state index contributed by atoms with van der Waals surface area (Å²) in [6.07, 6.45) is 2.75. The van der Waals surface area contributed by atoms with Crippen molar-refractivity contribution in [2.45, 2.75) is 22.8 Å². The molecule has 0 atom stereocenters. The van der Waals surface area contributed by atoms with Crippen LogP contribution in [0.2, 0.25) is 5.82 Å². The fraction of sp³-hybridized carbons (Fsp3) is 0.167. The minimum atomic E-state index is -4.60. The van der Waals surface area contributed by atoms with Crippen LogP contribution >= 0.6 is 0 Å². The molecule has 2 N–H and O–H groups in total. The normalized spacial score (nSPS) is 17.2. The van der Waals surface area contributed by atoms with Crippen LogP contribution in [-0.2, 0) is 16.2 Å². The Morgan fingerprint density at radius 1 is 1.18 bits per heavy atom. The van der Waals surface area contributed by atoms with Gasteiger partial charge in [0.1, 0.15) is 0 Å². The summed E-state index contributed by atoms with van der Waals surface area (Å²) in [7, 11) is -3.90. The second-order valence-electron chi connectivity index (χ2n) is 6.00. The summed E-state index contributed by atoms with van der Waals surface area (Å²) in [4.78, 5) is 1.94. The number of allylic oxidation sites excluding steroid dienone is 5. The number of nitrogens with zero attached hydrogens (tertiary/aromatic N) is 2. The molecule has 28 heavy (non-hydrogen) atoms. The van der Waals surface area contributed by atoms with Crippen molar-refractivity contribution in [2.75, 3.05) is 0 Å². The number of hydrogen-bond donors (Lipinski definition) is 1. The Labute approximate surface area is 166 Å². The predicted octanol–water partition coefficient (Wildman–Crippen LogP) is 3.38. The molecule has 1 aliphatic rings. The summed E-state index contributed by atoms with van der Waals surface area (Å²) in [6.45, 7) is 0. The topological polar surface area (TPSA) is 78.0 Å². The number of hydrogen-bond acceptors (Lipinski definition) is 3. The Balaban J connectivity index is 2.06. The van der Waals surface area contributed by atoms with Crippen molar-refractivity contribution < 1.29 is 21.6 Å². The molecule has 0 amide bonds. The van der Waals surface area contributed by atoms with E-state index in [9.17, 15) is 21.6 Å². The van der Waals surface area contributed by atoms with Gasteiger partial charge in [-0.05, 0) is 0 Å². The Kier molecular flexibility index (Phi) is 5.67. The van der Waals surface area contributed by atoms with Gasteiger partial charge in [0.2, 0.25) is 0 Å². The third-order valence-electron chi connectivity index (χ3n) is 4.02. The molecule has 10 heteroatoms. The number of aromatic nitrogens is 2. The van der Waals surface area contributed by atoms with E-state index in [1.807, 2.05) is 24.3 Å². The summed E-state index contributed by atoms with van der Waals surface area (Å²) in [5, 5.41) is 8.78. The first-order valence-electron chi connectivity index (χ1n) is 7.99. The summed E-state index contributed by atoms with van der Waals surface area (Å²) >= 11 is 0.340. The summed E-state index contributed by atoms with van der Waals surface area (Å²) in [5.41, 5.74) is 0.624. The number of alkyl halides is 3. The molecular weight excluding hydrogens is 458 g/mol. The van der Waals surface area contributed by atoms with Gasteiger partial charge in [-0.2, -0.15) is 0 Å². The molecule has 0 aliphatic heterocycles. The first kappa shape index (κ1) is 20.6. The van der Waals surface area contributed by atoms with Crippen molar-refractivity contribution in [3.63, 3.8) is 0 Å². The van der Waals surface area contributed by atoms with E-state index in [-0.39, 0.29) is 4.90 Å². The molecule has 0 fully saturated rings. The van der Waals surface area contributed by atoms with Crippen LogP contribution in [0.5, 0.6) is 0 Å². The predicted molar refractivity (Wildman–Crippen MR) is 101 cm³/mol. The van der Waals surface area contributed by atoms with E-state index in [0.717, 1.165) is 11.6 Å². The average Bonchev–Trinajstić information content (AvgIpc) is 3.08. The van der Waals surface area contributed by atoms with Crippen LogP contribution in [0.4, 0.5) is 13.2 Å². The van der Waals surface area contributed by atoms with Crippen LogP contribution in [0.15, 0.2) is 70.1 Å². The Morgan fingerprint density at radius 2 is 1.79 bits per heavy atom. The molecule has 0 unspecified atom stereocenters. The van der Waals surface area contributed by atoms with Crippen LogP contribution in [0.1, 0.15) is 17.3 Å². The molecule has 0 bridgehead atoms. The van der Waals surface area contributed by atoms with Gasteiger partial charge in [0.05, 0.1) is 0 Å². The van der Waals surface area contributed by atoms with E-state index < -0.39 is 27.8 Å². The van der Waals surface area contributed by atoms with Crippen molar-refractivity contribution in [2.24, 2.45) is 5.14 Å². The second-order valence-corrected chi connectivity index (χ2v) is 9.05. The van der Waals surface area contributed by atoms with Crippen LogP contribution < -0.4 is 5.14 Å². The van der Waals surface area contributed by atoms with E-state index in [0.29, 0.717) is 26.3 Å². The average molecular weight is 474 g/mol. The number of halogens is 3. The molecule has 5 nitrogen and oxygen atoms in total. The zero-order valence-corrected chi connectivity index (χ0v) is 17.1. The zero-order valence-electron chi connectivity index (χ0n) is 14.6. The van der Waals surface area contributed by atoms with Crippen LogP contribution in [0, 0.1) is 0 Å². The molecule has 3 rings (SSSR count). The van der Waals surface area contributed by atoms with Gasteiger partial charge in [0, 0.05) is 0 Å². The number of rotatable bonds is 4. The SMILES string of the molecule is C[Se]C=C1C=CC(c2cc(C(F)(F)F)nn2-c2ccc(S(N)(=O)=O)cc2)C=C1. The molecule has 0 saturated heterocycles. The quantitative estimate of drug-likeness (QED) is 0.691. The van der Waals surface area contributed by atoms with Gasteiger partial charge in [-0.1, -0.05) is 0 Å². The van der Waals surface area contributed by atoms with Crippen LogP contribution in [-0.4, -0.2) is 33.2 Å². The number of nitrogens with two attached hydrogens (primary N) is 1. The second kappa shape index (κ2) is 7.71. The molecule has 1 heterocycles. The molecule has 1 aromatic carbocycles. The molecule has 148 valence electrons. The van der Waals surface area contributed by atoms with Crippen molar-refractivity contribution in [3.8, 4) is 5.69 Å². The number of primary sulfonamides is 1. The third-order valence-corrected chi connectivity index (χ3v) is 6.02. The molecule has 1 aliphatic carbocycles. The van der Waals surface area contributed by atoms with Crippen molar-refractivity contribution in [3.05, 3.63) is 76.6 Å². The van der Waals surface area contributed by atoms with Crippen molar-refractivity contribution in [1.82, 2.24) is 9.78 Å². The molecule has 2 aromatic rings. The maximum absolute atomic E-state index is 13.2. The van der Waals surface area contributed by atoms with E-state index in [1.165, 1.54) is 28.9 Å². The standard InChI is InChI=1S/C18H16F3N3O2SSe/c1-28-11-12-2-4-13(5-3-12)16-10-17(18(19,20)21)23-24(16)14-6-8-15(9-7-14)27(22,25)26/h2-11,13H,1H3,(H2,22,25,26). The van der Waals surface area contributed by atoms with Crippen LogP contribution in [0.3, 0.4) is 0 Å². The van der Waals surface area contributed by atoms with E-state index in [2.05, 4.69) is 15.9 Å². The van der Waals surface area contributed by atoms with E-state index in [1.54, 1.807) is 0 Å². The summed E-state index contributed by atoms with van der Waals surface area (Å²) in [5.74, 6) is 1.66. The summed E-state index contributed by atoms with van der Waals surface area (Å²) in [6, 6.07) is 6.22. The van der Waals surface area contributed by atoms with Gasteiger partial charge in [0.15, 0.2) is 0 Å². The van der Waals surface area contributed by atoms with Gasteiger partial charge in [-0.3, -0.25) is 0 Å². The van der Waals surface area contributed by atoms with Crippen LogP contribution in [0.25, 0.3) is 5.69 Å². The fourth-order valence-electron chi connectivity index (χ4n) is 2.72. The third kappa shape index (κ3) is 4.47. The molecular formula is C18H16F3N3O2SSe. The first-order chi connectivity index (χ1) is 13.1. The minimum absolute atomic E-state index is 0.130. The Morgan fingerprint density at radius 3 is 2.29 bits per heavy atom. The van der Waals surface area contributed by atoms with Crippen molar-refractivity contribution >= 4 is 25.0 Å². The number of sulfonamides is 1. The van der Waals surface area contributed by atoms with E-state index in [4.69, 9.17) is 5.14 Å². The van der Waals surface area contributed by atoms with Gasteiger partial charge in [-0.15, -0.1) is 0 Å². The Hall–Kier alpha value is -2.13. The number of benzene rings is 1. The van der Waals surface area contributed by atoms with Gasteiger partial charge in [-0.25, -0.2) is 13.6 Å². The molecule has 0 saturated carbocycles. The fourth-order valence-corrected chi connectivity index (χ4v) is 4.13. The zero-order chi connectivity index (χ0) is 20.5. The van der Waals surface area contributed by atoms with Crippen molar-refractivity contribution in [1.29, 1.82) is 0 Å². The first-order valence-corrected chi connectivity index (χ1v) is 12.2. The summed E-state index contributed by atoms with van der Waals surface area (Å²) < 4.78 is 63.7. The molecule has 0 radical (unpaired) electrons. The van der Waals surface area contributed by atoms with Gasteiger partial charge >= 0.3 is 153 Å². The maximum atomic E-state index is 13.2. The molecule has 1 aromatic heterocycles. The van der Waals surface area contributed by atoms with Gasteiger partial charge in [0.25, 0.3) is 0 Å².